The summed E-state index contributed by atoms with van der Waals surface area (Å²) in [7, 11) is 0. The average molecular weight is 188 g/mol. The minimum Gasteiger partial charge on any atom is -0.377 e. The van der Waals surface area contributed by atoms with E-state index < -0.39 is 0 Å². The summed E-state index contributed by atoms with van der Waals surface area (Å²) >= 11 is 0. The van der Waals surface area contributed by atoms with Gasteiger partial charge < -0.3 is 4.74 Å². The molecule has 1 aromatic carbocycles. The summed E-state index contributed by atoms with van der Waals surface area (Å²) in [5.74, 6) is 0.603. The fourth-order valence-electron chi connectivity index (χ4n) is 2.11. The van der Waals surface area contributed by atoms with Crippen LogP contribution in [0.1, 0.15) is 23.5 Å². The Kier molecular flexibility index (Phi) is 3.00. The molecule has 1 atom stereocenters. The number of rotatable bonds is 4. The number of aryl methyl sites for hydroxylation is 1. The molecule has 0 N–H and O–H groups in total. The summed E-state index contributed by atoms with van der Waals surface area (Å²) in [6.45, 7) is 5.15. The highest BCUT2D eigenvalue weighted by Crippen LogP contribution is 2.32. The Labute approximate surface area is 85.4 Å². The molecular weight excluding hydrogens is 172 g/mol. The molecule has 0 fully saturated rings. The van der Waals surface area contributed by atoms with Crippen LogP contribution in [0, 0.1) is 0 Å². The lowest BCUT2D eigenvalue weighted by Gasteiger charge is -2.10. The lowest BCUT2D eigenvalue weighted by Crippen LogP contribution is -2.04. The summed E-state index contributed by atoms with van der Waals surface area (Å²) in [5, 5.41) is 0. The van der Waals surface area contributed by atoms with Gasteiger partial charge >= 0.3 is 0 Å². The highest BCUT2D eigenvalue weighted by molar-refractivity contribution is 5.34. The molecular formula is C13H16O. The molecule has 1 unspecified atom stereocenters. The van der Waals surface area contributed by atoms with Crippen LogP contribution in [0.15, 0.2) is 36.9 Å². The highest BCUT2D eigenvalue weighted by Gasteiger charge is 2.21. The molecule has 0 aliphatic heterocycles. The van der Waals surface area contributed by atoms with E-state index in [4.69, 9.17) is 4.74 Å². The van der Waals surface area contributed by atoms with Gasteiger partial charge in [0, 0.05) is 5.92 Å². The monoisotopic (exact) mass is 188 g/mol. The van der Waals surface area contributed by atoms with E-state index in [-0.39, 0.29) is 0 Å². The van der Waals surface area contributed by atoms with Gasteiger partial charge in [-0.3, -0.25) is 0 Å². The second-order valence-electron chi connectivity index (χ2n) is 3.76. The first-order valence-electron chi connectivity index (χ1n) is 5.18. The van der Waals surface area contributed by atoms with Crippen molar-refractivity contribution >= 4 is 0 Å². The SMILES string of the molecule is C=CCOCC1CCc2ccccc21. The second-order valence-corrected chi connectivity index (χ2v) is 3.76. The molecule has 0 saturated heterocycles. The summed E-state index contributed by atoms with van der Waals surface area (Å²) in [5.41, 5.74) is 2.98. The molecule has 1 aliphatic carbocycles. The number of hydrogen-bond donors (Lipinski definition) is 0. The minimum absolute atomic E-state index is 0.603. The van der Waals surface area contributed by atoms with Crippen LogP contribution in [0.3, 0.4) is 0 Å². The Morgan fingerprint density at radius 1 is 1.43 bits per heavy atom. The number of fused-ring (bicyclic) bond motifs is 1. The second kappa shape index (κ2) is 4.43. The molecule has 0 radical (unpaired) electrons. The van der Waals surface area contributed by atoms with E-state index in [0.29, 0.717) is 12.5 Å². The molecule has 1 aliphatic rings. The highest BCUT2D eigenvalue weighted by atomic mass is 16.5. The molecule has 0 bridgehead atoms. The summed E-state index contributed by atoms with van der Waals surface area (Å²) < 4.78 is 5.51. The number of hydrogen-bond acceptors (Lipinski definition) is 1. The molecule has 1 nitrogen and oxygen atoms in total. The molecule has 0 saturated carbocycles. The van der Waals surface area contributed by atoms with Gasteiger partial charge in [-0.2, -0.15) is 0 Å². The van der Waals surface area contributed by atoms with Crippen molar-refractivity contribution in [1.82, 2.24) is 0 Å². The van der Waals surface area contributed by atoms with Gasteiger partial charge in [0.1, 0.15) is 0 Å². The predicted octanol–water partition coefficient (Wildman–Crippen LogP) is 2.92. The maximum atomic E-state index is 5.51. The summed E-state index contributed by atoms with van der Waals surface area (Å²) in [6.07, 6.45) is 4.25. The topological polar surface area (TPSA) is 9.23 Å². The van der Waals surface area contributed by atoms with Gasteiger partial charge in [0.25, 0.3) is 0 Å². The van der Waals surface area contributed by atoms with Crippen LogP contribution in [-0.4, -0.2) is 13.2 Å². The van der Waals surface area contributed by atoms with E-state index in [0.717, 1.165) is 6.61 Å². The maximum Gasteiger partial charge on any atom is 0.0645 e. The molecule has 0 spiro atoms. The van der Waals surface area contributed by atoms with Crippen LogP contribution in [0.5, 0.6) is 0 Å². The fraction of sp³-hybridized carbons (Fsp3) is 0.385. The maximum absolute atomic E-state index is 5.51. The molecule has 14 heavy (non-hydrogen) atoms. The van der Waals surface area contributed by atoms with E-state index in [2.05, 4.69) is 30.8 Å². The van der Waals surface area contributed by atoms with Gasteiger partial charge in [-0.15, -0.1) is 6.58 Å². The Balaban J connectivity index is 1.99. The Hall–Kier alpha value is -1.08. The molecule has 0 amide bonds. The third-order valence-electron chi connectivity index (χ3n) is 2.81. The van der Waals surface area contributed by atoms with Crippen molar-refractivity contribution in [3.8, 4) is 0 Å². The van der Waals surface area contributed by atoms with E-state index in [1.165, 1.54) is 24.0 Å². The third-order valence-corrected chi connectivity index (χ3v) is 2.81. The van der Waals surface area contributed by atoms with Crippen LogP contribution < -0.4 is 0 Å². The first-order valence-corrected chi connectivity index (χ1v) is 5.18. The van der Waals surface area contributed by atoms with Crippen LogP contribution in [-0.2, 0) is 11.2 Å². The van der Waals surface area contributed by atoms with E-state index in [1.54, 1.807) is 6.08 Å². The number of ether oxygens (including phenoxy) is 1. The van der Waals surface area contributed by atoms with Crippen LogP contribution in [0.4, 0.5) is 0 Å². The quantitative estimate of drug-likeness (QED) is 0.521. The third kappa shape index (κ3) is 1.88. The van der Waals surface area contributed by atoms with Gasteiger partial charge in [0.2, 0.25) is 0 Å². The van der Waals surface area contributed by atoms with Crippen LogP contribution in [0.2, 0.25) is 0 Å². The average Bonchev–Trinajstić information content (AvgIpc) is 2.63. The normalized spacial score (nSPS) is 19.3. The van der Waals surface area contributed by atoms with Crippen molar-refractivity contribution in [2.24, 2.45) is 0 Å². The Morgan fingerprint density at radius 3 is 3.14 bits per heavy atom. The van der Waals surface area contributed by atoms with Gasteiger partial charge in [-0.05, 0) is 24.0 Å². The molecule has 74 valence electrons. The Morgan fingerprint density at radius 2 is 2.29 bits per heavy atom. The van der Waals surface area contributed by atoms with Crippen LogP contribution in [0.25, 0.3) is 0 Å². The van der Waals surface area contributed by atoms with Gasteiger partial charge in [-0.1, -0.05) is 30.3 Å². The van der Waals surface area contributed by atoms with E-state index in [1.807, 2.05) is 0 Å². The van der Waals surface area contributed by atoms with Gasteiger partial charge in [-0.25, -0.2) is 0 Å². The van der Waals surface area contributed by atoms with Crippen molar-refractivity contribution in [1.29, 1.82) is 0 Å². The van der Waals surface area contributed by atoms with Crippen molar-refractivity contribution in [2.45, 2.75) is 18.8 Å². The zero-order chi connectivity index (χ0) is 9.80. The fourth-order valence-corrected chi connectivity index (χ4v) is 2.11. The summed E-state index contributed by atoms with van der Waals surface area (Å²) in [6, 6.07) is 8.68. The van der Waals surface area contributed by atoms with Gasteiger partial charge in [0.05, 0.1) is 13.2 Å². The standard InChI is InChI=1S/C13H16O/c1-2-9-14-10-12-8-7-11-5-3-4-6-13(11)12/h2-6,12H,1,7-10H2. The zero-order valence-corrected chi connectivity index (χ0v) is 8.41. The largest absolute Gasteiger partial charge is 0.377 e. The van der Waals surface area contributed by atoms with Crippen molar-refractivity contribution < 1.29 is 4.74 Å². The van der Waals surface area contributed by atoms with Crippen LogP contribution >= 0.6 is 0 Å². The molecule has 2 rings (SSSR count). The first kappa shape index (κ1) is 9.47. The van der Waals surface area contributed by atoms with E-state index >= 15 is 0 Å². The predicted molar refractivity (Wildman–Crippen MR) is 58.5 cm³/mol. The lowest BCUT2D eigenvalue weighted by atomic mass is 10.0. The molecule has 0 heterocycles. The zero-order valence-electron chi connectivity index (χ0n) is 8.41. The van der Waals surface area contributed by atoms with Crippen molar-refractivity contribution in [3.05, 3.63) is 48.0 Å². The minimum atomic E-state index is 0.603. The smallest absolute Gasteiger partial charge is 0.0645 e. The van der Waals surface area contributed by atoms with Crippen molar-refractivity contribution in [3.63, 3.8) is 0 Å². The summed E-state index contributed by atoms with van der Waals surface area (Å²) in [4.78, 5) is 0. The molecule has 1 aromatic rings. The van der Waals surface area contributed by atoms with Crippen molar-refractivity contribution in [2.75, 3.05) is 13.2 Å². The van der Waals surface area contributed by atoms with E-state index in [9.17, 15) is 0 Å². The molecule has 0 aromatic heterocycles. The molecule has 1 heteroatoms. The first-order chi connectivity index (χ1) is 6.92. The lowest BCUT2D eigenvalue weighted by molar-refractivity contribution is 0.146. The Bertz CT molecular complexity index is 317. The number of benzene rings is 1. The van der Waals surface area contributed by atoms with Gasteiger partial charge in [0.15, 0.2) is 0 Å².